The van der Waals surface area contributed by atoms with Gasteiger partial charge >= 0.3 is 0 Å². The summed E-state index contributed by atoms with van der Waals surface area (Å²) in [7, 11) is 0. The number of rotatable bonds is 2. The molecule has 156 valence electrons. The molecule has 1 saturated heterocycles. The molecule has 9 heteroatoms. The van der Waals surface area contributed by atoms with Crippen molar-refractivity contribution in [3.05, 3.63) is 48.3 Å². The van der Waals surface area contributed by atoms with Crippen LogP contribution >= 0.6 is 12.2 Å². The SMILES string of the molecule is CC(=O)N1CC/C(=N/NC(=S)N2CCN(c3ccc(N)cc3)CC2)c2ncccc21. The van der Waals surface area contributed by atoms with Crippen molar-refractivity contribution in [3.63, 3.8) is 0 Å². The smallest absolute Gasteiger partial charge is 0.223 e. The average Bonchev–Trinajstić information content (AvgIpc) is 2.77. The molecule has 2 aromatic rings. The summed E-state index contributed by atoms with van der Waals surface area (Å²) in [6, 6.07) is 11.7. The highest BCUT2D eigenvalue weighted by Crippen LogP contribution is 2.25. The minimum absolute atomic E-state index is 0.00533. The van der Waals surface area contributed by atoms with Crippen LogP contribution in [-0.4, -0.2) is 59.3 Å². The fraction of sp³-hybridized carbons (Fsp3) is 0.333. The Kier molecular flexibility index (Phi) is 5.80. The lowest BCUT2D eigenvalue weighted by Gasteiger charge is -2.37. The zero-order valence-electron chi connectivity index (χ0n) is 16.9. The molecule has 1 aromatic carbocycles. The van der Waals surface area contributed by atoms with E-state index in [9.17, 15) is 4.79 Å². The van der Waals surface area contributed by atoms with Gasteiger partial charge in [-0.15, -0.1) is 0 Å². The Morgan fingerprint density at radius 3 is 2.57 bits per heavy atom. The molecule has 1 aromatic heterocycles. The molecule has 0 unspecified atom stereocenters. The van der Waals surface area contributed by atoms with Crippen molar-refractivity contribution in [1.29, 1.82) is 0 Å². The molecule has 0 radical (unpaired) electrons. The van der Waals surface area contributed by atoms with Crippen LogP contribution in [0.25, 0.3) is 0 Å². The molecular formula is C21H25N7OS. The van der Waals surface area contributed by atoms with Gasteiger partial charge in [-0.25, -0.2) is 0 Å². The van der Waals surface area contributed by atoms with Gasteiger partial charge < -0.3 is 20.4 Å². The highest BCUT2D eigenvalue weighted by atomic mass is 32.1. The van der Waals surface area contributed by atoms with Gasteiger partial charge in [0.2, 0.25) is 5.91 Å². The van der Waals surface area contributed by atoms with Crippen molar-refractivity contribution in [2.24, 2.45) is 5.10 Å². The number of nitrogens with zero attached hydrogens (tertiary/aromatic N) is 5. The van der Waals surface area contributed by atoms with E-state index >= 15 is 0 Å². The first kappa shape index (κ1) is 20.1. The molecule has 8 nitrogen and oxygen atoms in total. The number of pyridine rings is 1. The van der Waals surface area contributed by atoms with Crippen LogP contribution in [0.5, 0.6) is 0 Å². The fourth-order valence-corrected chi connectivity index (χ4v) is 4.00. The van der Waals surface area contributed by atoms with Gasteiger partial charge in [0.15, 0.2) is 5.11 Å². The second-order valence-corrected chi connectivity index (χ2v) is 7.72. The number of hydrazone groups is 1. The highest BCUT2D eigenvalue weighted by molar-refractivity contribution is 7.80. The van der Waals surface area contributed by atoms with E-state index in [2.05, 4.69) is 25.3 Å². The number of nitrogen functional groups attached to an aromatic ring is 1. The quantitative estimate of drug-likeness (QED) is 0.433. The van der Waals surface area contributed by atoms with Gasteiger partial charge in [-0.3, -0.25) is 15.2 Å². The van der Waals surface area contributed by atoms with E-state index in [1.807, 2.05) is 36.4 Å². The van der Waals surface area contributed by atoms with Crippen LogP contribution in [0, 0.1) is 0 Å². The first-order valence-electron chi connectivity index (χ1n) is 9.98. The normalized spacial score (nSPS) is 17.6. The summed E-state index contributed by atoms with van der Waals surface area (Å²) in [6.45, 7) is 5.53. The van der Waals surface area contributed by atoms with Crippen molar-refractivity contribution in [2.45, 2.75) is 13.3 Å². The third-order valence-corrected chi connectivity index (χ3v) is 5.76. The van der Waals surface area contributed by atoms with Gasteiger partial charge in [-0.2, -0.15) is 5.10 Å². The van der Waals surface area contributed by atoms with Gasteiger partial charge in [0.25, 0.3) is 0 Å². The molecule has 30 heavy (non-hydrogen) atoms. The number of hydrogen-bond acceptors (Lipinski definition) is 6. The molecule has 4 rings (SSSR count). The van der Waals surface area contributed by atoms with Crippen molar-refractivity contribution in [1.82, 2.24) is 15.3 Å². The molecule has 2 aliphatic rings. The lowest BCUT2D eigenvalue weighted by molar-refractivity contribution is -0.116. The van der Waals surface area contributed by atoms with Crippen molar-refractivity contribution in [2.75, 3.05) is 48.3 Å². The monoisotopic (exact) mass is 423 g/mol. The standard InChI is InChI=1S/C21H25N7OS/c1-15(29)28-10-8-18(20-19(28)3-2-9-23-20)24-25-21(30)27-13-11-26(12-14-27)17-6-4-16(22)5-7-17/h2-7,9H,8,10-14,22H2,1H3,(H,25,30)/b24-18-. The molecule has 1 amide bonds. The third kappa shape index (κ3) is 4.20. The first-order valence-corrected chi connectivity index (χ1v) is 10.4. The highest BCUT2D eigenvalue weighted by Gasteiger charge is 2.25. The summed E-state index contributed by atoms with van der Waals surface area (Å²) < 4.78 is 0. The number of piperazine rings is 1. The Labute approximate surface area is 181 Å². The van der Waals surface area contributed by atoms with Crippen molar-refractivity contribution in [3.8, 4) is 0 Å². The maximum Gasteiger partial charge on any atom is 0.223 e. The van der Waals surface area contributed by atoms with Gasteiger partial charge in [0.05, 0.1) is 11.4 Å². The summed E-state index contributed by atoms with van der Waals surface area (Å²) in [6.07, 6.45) is 2.34. The number of amides is 1. The van der Waals surface area contributed by atoms with E-state index in [4.69, 9.17) is 18.0 Å². The maximum absolute atomic E-state index is 11.9. The number of carbonyl (C=O) groups is 1. The van der Waals surface area contributed by atoms with Crippen LogP contribution in [0.15, 0.2) is 47.7 Å². The molecule has 0 aliphatic carbocycles. The maximum atomic E-state index is 11.9. The number of anilines is 3. The van der Waals surface area contributed by atoms with E-state index in [1.54, 1.807) is 18.0 Å². The first-order chi connectivity index (χ1) is 14.5. The van der Waals surface area contributed by atoms with Crippen LogP contribution in [0.3, 0.4) is 0 Å². The molecule has 3 N–H and O–H groups in total. The van der Waals surface area contributed by atoms with E-state index in [0.717, 1.165) is 49.0 Å². The lowest BCUT2D eigenvalue weighted by Crippen LogP contribution is -2.51. The topological polar surface area (TPSA) is 90.1 Å². The summed E-state index contributed by atoms with van der Waals surface area (Å²) in [5.74, 6) is 0.00533. The Bertz CT molecular complexity index is 968. The minimum Gasteiger partial charge on any atom is -0.399 e. The predicted molar refractivity (Wildman–Crippen MR) is 124 cm³/mol. The molecule has 0 bridgehead atoms. The number of fused-ring (bicyclic) bond motifs is 1. The van der Waals surface area contributed by atoms with Crippen molar-refractivity contribution >= 4 is 46.0 Å². The zero-order valence-corrected chi connectivity index (χ0v) is 17.7. The van der Waals surface area contributed by atoms with Gasteiger partial charge in [-0.05, 0) is 48.6 Å². The molecule has 3 heterocycles. The second-order valence-electron chi connectivity index (χ2n) is 7.33. The van der Waals surface area contributed by atoms with E-state index in [1.165, 1.54) is 5.69 Å². The summed E-state index contributed by atoms with van der Waals surface area (Å²) in [5.41, 5.74) is 13.1. The lowest BCUT2D eigenvalue weighted by atomic mass is 10.1. The van der Waals surface area contributed by atoms with Gasteiger partial charge in [0, 0.05) is 63.6 Å². The number of nitrogens with one attached hydrogen (secondary N) is 1. The zero-order chi connectivity index (χ0) is 21.1. The molecule has 1 fully saturated rings. The van der Waals surface area contributed by atoms with Crippen LogP contribution in [0.2, 0.25) is 0 Å². The van der Waals surface area contributed by atoms with Gasteiger partial charge in [0.1, 0.15) is 5.69 Å². The van der Waals surface area contributed by atoms with Crippen LogP contribution in [0.4, 0.5) is 17.1 Å². The minimum atomic E-state index is 0.00533. The Balaban J connectivity index is 1.38. The number of benzene rings is 1. The summed E-state index contributed by atoms with van der Waals surface area (Å²) >= 11 is 5.57. The average molecular weight is 424 g/mol. The Morgan fingerprint density at radius 1 is 1.13 bits per heavy atom. The number of aromatic nitrogens is 1. The number of thiocarbonyl (C=S) groups is 1. The van der Waals surface area contributed by atoms with Gasteiger partial charge in [-0.1, -0.05) is 0 Å². The Morgan fingerprint density at radius 2 is 1.87 bits per heavy atom. The Hall–Kier alpha value is -3.20. The number of carbonyl (C=O) groups excluding carboxylic acids is 1. The molecule has 0 atom stereocenters. The van der Waals surface area contributed by atoms with Crippen LogP contribution in [-0.2, 0) is 4.79 Å². The molecular weight excluding hydrogens is 398 g/mol. The predicted octanol–water partition coefficient (Wildman–Crippen LogP) is 1.82. The molecule has 0 spiro atoms. The largest absolute Gasteiger partial charge is 0.399 e. The molecule has 2 aliphatic heterocycles. The summed E-state index contributed by atoms with van der Waals surface area (Å²) in [4.78, 5) is 22.5. The van der Waals surface area contributed by atoms with Crippen LogP contribution in [0.1, 0.15) is 19.0 Å². The fourth-order valence-electron chi connectivity index (χ4n) is 3.77. The molecule has 0 saturated carbocycles. The van der Waals surface area contributed by atoms with Crippen LogP contribution < -0.4 is 21.0 Å². The van der Waals surface area contributed by atoms with E-state index in [0.29, 0.717) is 18.1 Å². The van der Waals surface area contributed by atoms with E-state index < -0.39 is 0 Å². The van der Waals surface area contributed by atoms with E-state index in [-0.39, 0.29) is 5.91 Å². The number of hydrogen-bond donors (Lipinski definition) is 2. The summed E-state index contributed by atoms with van der Waals surface area (Å²) in [5, 5.41) is 5.14. The second kappa shape index (κ2) is 8.66. The number of nitrogens with two attached hydrogens (primary N) is 1. The van der Waals surface area contributed by atoms with Crippen molar-refractivity contribution < 1.29 is 4.79 Å². The third-order valence-electron chi connectivity index (χ3n) is 5.41.